The Morgan fingerprint density at radius 3 is 2.41 bits per heavy atom. The first-order valence-corrected chi connectivity index (χ1v) is 8.42. The molecule has 0 fully saturated rings. The average Bonchev–Trinajstić information content (AvgIpc) is 2.98. The first-order valence-electron chi connectivity index (χ1n) is 8.42. The minimum absolute atomic E-state index is 0.152. The molecule has 0 radical (unpaired) electrons. The van der Waals surface area contributed by atoms with E-state index in [0.717, 1.165) is 5.56 Å². The van der Waals surface area contributed by atoms with Crippen LogP contribution < -0.4 is 20.1 Å². The van der Waals surface area contributed by atoms with E-state index < -0.39 is 24.8 Å². The predicted octanol–water partition coefficient (Wildman–Crippen LogP) is 2.44. The van der Waals surface area contributed by atoms with Crippen LogP contribution in [0.25, 0.3) is 0 Å². The van der Waals surface area contributed by atoms with Gasteiger partial charge in [0.1, 0.15) is 0 Å². The number of esters is 1. The highest BCUT2D eigenvalue weighted by Crippen LogP contribution is 2.42. The number of anilines is 1. The smallest absolute Gasteiger partial charge is 0.452 e. The molecule has 0 aromatic heterocycles. The molecule has 2 aromatic carbocycles. The summed E-state index contributed by atoms with van der Waals surface area (Å²) in [5.41, 5.74) is 1.20. The number of halogens is 2. The molecule has 2 aromatic rings. The molecular formula is C19H16F2N2O6. The van der Waals surface area contributed by atoms with Gasteiger partial charge in [0.2, 0.25) is 5.91 Å². The van der Waals surface area contributed by atoms with E-state index >= 15 is 0 Å². The Bertz CT molecular complexity index is 946. The second-order valence-electron chi connectivity index (χ2n) is 6.06. The minimum atomic E-state index is -3.75. The Kier molecular flexibility index (Phi) is 5.62. The molecule has 2 amide bonds. The summed E-state index contributed by atoms with van der Waals surface area (Å²) < 4.78 is 39.5. The lowest BCUT2D eigenvalue weighted by molar-refractivity contribution is -0.286. The van der Waals surface area contributed by atoms with Crippen molar-refractivity contribution in [2.45, 2.75) is 19.8 Å². The fourth-order valence-corrected chi connectivity index (χ4v) is 2.42. The molecule has 1 heterocycles. The Balaban J connectivity index is 1.49. The van der Waals surface area contributed by atoms with Crippen LogP contribution in [-0.2, 0) is 20.9 Å². The highest BCUT2D eigenvalue weighted by molar-refractivity contribution is 5.95. The number of amides is 2. The monoisotopic (exact) mass is 406 g/mol. The van der Waals surface area contributed by atoms with Gasteiger partial charge in [0, 0.05) is 25.2 Å². The maximum atomic E-state index is 13.0. The lowest BCUT2D eigenvalue weighted by Gasteiger charge is -2.08. The Hall–Kier alpha value is -3.69. The predicted molar refractivity (Wildman–Crippen MR) is 95.5 cm³/mol. The summed E-state index contributed by atoms with van der Waals surface area (Å²) in [6, 6.07) is 10.1. The molecule has 8 nitrogen and oxygen atoms in total. The first-order chi connectivity index (χ1) is 13.7. The number of fused-ring (bicyclic) bond motifs is 1. The molecule has 0 unspecified atom stereocenters. The topological polar surface area (TPSA) is 103 Å². The van der Waals surface area contributed by atoms with Crippen LogP contribution in [0.2, 0.25) is 0 Å². The number of hydrogen-bond donors (Lipinski definition) is 2. The third-order valence-corrected chi connectivity index (χ3v) is 3.75. The number of benzene rings is 2. The van der Waals surface area contributed by atoms with Crippen LogP contribution in [0.15, 0.2) is 42.5 Å². The minimum Gasteiger partial charge on any atom is -0.452 e. The number of nitrogens with one attached hydrogen (secondary N) is 2. The molecule has 2 N–H and O–H groups in total. The average molecular weight is 406 g/mol. The fourth-order valence-electron chi connectivity index (χ4n) is 2.42. The summed E-state index contributed by atoms with van der Waals surface area (Å²) in [6.45, 7) is 1.15. The van der Waals surface area contributed by atoms with Crippen molar-refractivity contribution in [2.75, 3.05) is 11.9 Å². The van der Waals surface area contributed by atoms with Gasteiger partial charge in [-0.25, -0.2) is 4.79 Å². The van der Waals surface area contributed by atoms with E-state index in [1.54, 1.807) is 12.1 Å². The van der Waals surface area contributed by atoms with Gasteiger partial charge in [-0.3, -0.25) is 9.59 Å². The normalized spacial score (nSPS) is 13.5. The van der Waals surface area contributed by atoms with Crippen molar-refractivity contribution in [1.82, 2.24) is 5.32 Å². The third-order valence-electron chi connectivity index (χ3n) is 3.75. The van der Waals surface area contributed by atoms with E-state index in [1.807, 2.05) is 0 Å². The number of rotatable bonds is 6. The molecule has 0 saturated carbocycles. The van der Waals surface area contributed by atoms with Crippen LogP contribution in [0.3, 0.4) is 0 Å². The van der Waals surface area contributed by atoms with Crippen LogP contribution in [0.1, 0.15) is 22.8 Å². The molecular weight excluding hydrogens is 390 g/mol. The van der Waals surface area contributed by atoms with Crippen LogP contribution in [-0.4, -0.2) is 30.7 Å². The summed E-state index contributed by atoms with van der Waals surface area (Å²) >= 11 is 0. The molecule has 29 heavy (non-hydrogen) atoms. The summed E-state index contributed by atoms with van der Waals surface area (Å²) in [7, 11) is 0. The van der Waals surface area contributed by atoms with Gasteiger partial charge in [0.25, 0.3) is 5.91 Å². The zero-order chi connectivity index (χ0) is 21.0. The van der Waals surface area contributed by atoms with Crippen molar-refractivity contribution in [2.24, 2.45) is 0 Å². The quantitative estimate of drug-likeness (QED) is 0.715. The zero-order valence-corrected chi connectivity index (χ0v) is 15.2. The maximum absolute atomic E-state index is 13.0. The second kappa shape index (κ2) is 8.13. The highest BCUT2D eigenvalue weighted by atomic mass is 19.3. The van der Waals surface area contributed by atoms with Crippen LogP contribution in [0.4, 0.5) is 14.5 Å². The van der Waals surface area contributed by atoms with E-state index in [2.05, 4.69) is 20.1 Å². The molecule has 0 aliphatic carbocycles. The van der Waals surface area contributed by atoms with E-state index in [-0.39, 0.29) is 28.7 Å². The van der Waals surface area contributed by atoms with E-state index in [4.69, 9.17) is 4.74 Å². The van der Waals surface area contributed by atoms with E-state index in [9.17, 15) is 23.2 Å². The Labute approximate surface area is 163 Å². The summed E-state index contributed by atoms with van der Waals surface area (Å²) in [4.78, 5) is 34.8. The van der Waals surface area contributed by atoms with Crippen molar-refractivity contribution in [3.05, 3.63) is 53.6 Å². The Morgan fingerprint density at radius 2 is 1.72 bits per heavy atom. The molecule has 152 valence electrons. The molecule has 0 bridgehead atoms. The largest absolute Gasteiger partial charge is 0.586 e. The van der Waals surface area contributed by atoms with Crippen molar-refractivity contribution in [3.8, 4) is 11.5 Å². The maximum Gasteiger partial charge on any atom is 0.586 e. The number of ether oxygens (including phenoxy) is 3. The SMILES string of the molecule is CC(=O)NCc1ccc(C(=O)OCC(=O)Nc2ccc3c(c2)OC(F)(F)O3)cc1. The van der Waals surface area contributed by atoms with Crippen molar-refractivity contribution in [3.63, 3.8) is 0 Å². The number of alkyl halides is 2. The summed E-state index contributed by atoms with van der Waals surface area (Å²) in [6.07, 6.45) is -3.75. The number of carbonyl (C=O) groups excluding carboxylic acids is 3. The van der Waals surface area contributed by atoms with Crippen LogP contribution >= 0.6 is 0 Å². The molecule has 0 spiro atoms. The van der Waals surface area contributed by atoms with Gasteiger partial charge < -0.3 is 24.8 Å². The molecule has 1 aliphatic heterocycles. The molecule has 0 atom stereocenters. The van der Waals surface area contributed by atoms with Crippen molar-refractivity contribution < 1.29 is 37.4 Å². The first kappa shape index (κ1) is 20.1. The third kappa shape index (κ3) is 5.41. The van der Waals surface area contributed by atoms with Gasteiger partial charge in [0.15, 0.2) is 18.1 Å². The molecule has 1 aliphatic rings. The van der Waals surface area contributed by atoms with E-state index in [1.165, 1.54) is 37.3 Å². The van der Waals surface area contributed by atoms with Crippen molar-refractivity contribution >= 4 is 23.5 Å². The van der Waals surface area contributed by atoms with Gasteiger partial charge in [-0.05, 0) is 29.8 Å². The molecule has 10 heteroatoms. The lowest BCUT2D eigenvalue weighted by atomic mass is 10.1. The standard InChI is InChI=1S/C19H16F2N2O6/c1-11(24)22-9-12-2-4-13(5-3-12)18(26)27-10-17(25)23-14-6-7-15-16(8-14)29-19(20,21)28-15/h2-8H,9-10H2,1H3,(H,22,24)(H,23,25). The van der Waals surface area contributed by atoms with Gasteiger partial charge >= 0.3 is 12.3 Å². The van der Waals surface area contributed by atoms with Gasteiger partial charge in [-0.2, -0.15) is 0 Å². The second-order valence-corrected chi connectivity index (χ2v) is 6.06. The number of hydrogen-bond acceptors (Lipinski definition) is 6. The van der Waals surface area contributed by atoms with Gasteiger partial charge in [0.05, 0.1) is 5.56 Å². The molecule has 0 saturated heterocycles. The summed E-state index contributed by atoms with van der Waals surface area (Å²) in [5.74, 6) is -1.91. The lowest BCUT2D eigenvalue weighted by Crippen LogP contribution is -2.25. The Morgan fingerprint density at radius 1 is 1.03 bits per heavy atom. The van der Waals surface area contributed by atoms with Gasteiger partial charge in [-0.15, -0.1) is 8.78 Å². The van der Waals surface area contributed by atoms with E-state index in [0.29, 0.717) is 6.54 Å². The molecule has 3 rings (SSSR count). The van der Waals surface area contributed by atoms with Crippen molar-refractivity contribution in [1.29, 1.82) is 0 Å². The van der Waals surface area contributed by atoms with Gasteiger partial charge in [-0.1, -0.05) is 12.1 Å². The zero-order valence-electron chi connectivity index (χ0n) is 15.2. The van der Waals surface area contributed by atoms with Crippen LogP contribution in [0, 0.1) is 0 Å². The fraction of sp³-hybridized carbons (Fsp3) is 0.211. The van der Waals surface area contributed by atoms with Crippen LogP contribution in [0.5, 0.6) is 11.5 Å². The highest BCUT2D eigenvalue weighted by Gasteiger charge is 2.43. The summed E-state index contributed by atoms with van der Waals surface area (Å²) in [5, 5.41) is 5.03. The number of carbonyl (C=O) groups is 3.